The Morgan fingerprint density at radius 3 is 0.904 bits per heavy atom. The maximum Gasteiger partial charge on any atom is 0.147 e. The fraction of sp³-hybridized carbons (Fsp3) is 0.455. The van der Waals surface area contributed by atoms with Gasteiger partial charge in [0.05, 0.1) is 46.7 Å². The molecule has 6 nitrogen and oxygen atoms in total. The summed E-state index contributed by atoms with van der Waals surface area (Å²) in [5.41, 5.74) is 15.9. The molecule has 1 aliphatic rings. The van der Waals surface area contributed by atoms with Gasteiger partial charge < -0.3 is 28.8 Å². The van der Waals surface area contributed by atoms with Gasteiger partial charge in [0.2, 0.25) is 0 Å². The monoisotopic (exact) mass is 1260 g/mol. The Balaban J connectivity index is 0.960. The number of para-hydroxylation sites is 2. The van der Waals surface area contributed by atoms with E-state index in [1.165, 1.54) is 54.9 Å². The number of hydrogen-bond donors (Lipinski definition) is 2. The van der Waals surface area contributed by atoms with Crippen molar-refractivity contribution in [1.82, 2.24) is 9.13 Å². The molecule has 2 aromatic heterocycles. The Hall–Kier alpha value is -7.44. The van der Waals surface area contributed by atoms with E-state index in [-0.39, 0.29) is 66.7 Å². The van der Waals surface area contributed by atoms with E-state index in [1.807, 2.05) is 0 Å². The van der Waals surface area contributed by atoms with E-state index in [4.69, 9.17) is 9.47 Å². The van der Waals surface area contributed by atoms with Crippen LogP contribution >= 0.6 is 0 Å². The van der Waals surface area contributed by atoms with Gasteiger partial charge in [-0.3, -0.25) is 0 Å². The highest BCUT2D eigenvalue weighted by Gasteiger charge is 2.35. The Bertz CT molecular complexity index is 4050. The number of aromatic nitrogens is 2. The highest BCUT2D eigenvalue weighted by Crippen LogP contribution is 2.51. The van der Waals surface area contributed by atoms with E-state index in [0.29, 0.717) is 13.2 Å². The predicted molar refractivity (Wildman–Crippen MR) is 401 cm³/mol. The van der Waals surface area contributed by atoms with Gasteiger partial charge in [0, 0.05) is 43.8 Å². The minimum Gasteiger partial charge on any atom is -0.505 e. The lowest BCUT2D eigenvalue weighted by Crippen LogP contribution is -2.30. The zero-order valence-corrected chi connectivity index (χ0v) is 61.3. The van der Waals surface area contributed by atoms with Gasteiger partial charge >= 0.3 is 0 Å². The minimum absolute atomic E-state index is 0.0468. The van der Waals surface area contributed by atoms with Crippen molar-refractivity contribution < 1.29 is 19.7 Å². The molecule has 11 rings (SSSR count). The summed E-state index contributed by atoms with van der Waals surface area (Å²) in [4.78, 5) is 0. The SMILES string of the molecule is CC(C)(C)CC(C)(C)c1cc(-c2ccccc2OCC2CCCC[C@@H]2COc2ccccc2-c2cc(C(C)(C)CC(C)(C)C)cc(-n3c4ccc(C(C)(C)C)cc4c4cc(C(C)(C)C)ccc43)c2O)c(O)c(-n2c3ccc(C(C)(C)C)cc3c3cc(C(C)(C)C)ccc32)c1. The third-order valence-corrected chi connectivity index (χ3v) is 20.5. The first-order valence-corrected chi connectivity index (χ1v) is 35.1. The molecule has 1 fully saturated rings. The molecule has 0 bridgehead atoms. The van der Waals surface area contributed by atoms with Crippen LogP contribution in [0.1, 0.15) is 224 Å². The predicted octanol–water partition coefficient (Wildman–Crippen LogP) is 24.5. The lowest BCUT2D eigenvalue weighted by Gasteiger charge is -2.34. The van der Waals surface area contributed by atoms with Crippen LogP contribution in [-0.4, -0.2) is 32.6 Å². The van der Waals surface area contributed by atoms with Gasteiger partial charge in [0.1, 0.15) is 23.0 Å². The number of ether oxygens (including phenoxy) is 2. The van der Waals surface area contributed by atoms with Gasteiger partial charge in [0.25, 0.3) is 0 Å². The van der Waals surface area contributed by atoms with E-state index in [2.05, 4.69) is 307 Å². The first-order valence-electron chi connectivity index (χ1n) is 35.1. The number of nitrogens with zero attached hydrogens (tertiary/aromatic N) is 2. The summed E-state index contributed by atoms with van der Waals surface area (Å²) < 4.78 is 19.0. The second-order valence-corrected chi connectivity index (χ2v) is 36.0. The topological polar surface area (TPSA) is 68.8 Å². The van der Waals surface area contributed by atoms with Crippen LogP contribution in [-0.2, 0) is 32.5 Å². The van der Waals surface area contributed by atoms with Gasteiger partial charge in [-0.25, -0.2) is 0 Å². The standard InChI is InChI=1S/C88H110N2O4/c1-81(2,3)53-87(19,20)61-47-69(79(91)75(49-61)89-71-39-35-57(83(7,8)9)43-65(71)66-44-58(84(10,11)12)36-40-72(66)89)63-31-25-27-33-77(63)93-51-55-29-23-24-30-56(55)52-94-78-34-28-26-32-64(78)70-48-62(88(21,22)54-82(4,5)6)50-76(80(70)92)90-73-41-37-59(85(13,14)15)45-67(73)68-46-60(86(16,17)18)38-42-74(68)90/h25-28,31-50,55-56,91-92H,23-24,29-30,51-54H2,1-22H3/t55-,56?/m1/s1. The van der Waals surface area contributed by atoms with Gasteiger partial charge in [-0.05, 0) is 199 Å². The molecule has 10 aromatic rings. The maximum atomic E-state index is 13.2. The molecule has 2 N–H and O–H groups in total. The molecule has 2 atom stereocenters. The van der Waals surface area contributed by atoms with Gasteiger partial charge in [0.15, 0.2) is 0 Å². The van der Waals surface area contributed by atoms with E-state index in [1.54, 1.807) is 0 Å². The number of aromatic hydroxyl groups is 2. The molecular weight excluding hydrogens is 1150 g/mol. The van der Waals surface area contributed by atoms with Crippen molar-refractivity contribution in [2.75, 3.05) is 13.2 Å². The molecular formula is C88H110N2O4. The molecule has 0 saturated heterocycles. The third-order valence-electron chi connectivity index (χ3n) is 20.5. The summed E-state index contributed by atoms with van der Waals surface area (Å²) in [5, 5.41) is 31.2. The number of phenols is 2. The minimum atomic E-state index is -0.247. The Labute approximate surface area is 564 Å². The number of phenolic OH excluding ortho intramolecular Hbond substituents is 2. The van der Waals surface area contributed by atoms with Crippen LogP contribution in [0.3, 0.4) is 0 Å². The second-order valence-electron chi connectivity index (χ2n) is 36.0. The number of hydrogen-bond acceptors (Lipinski definition) is 4. The average molecular weight is 1260 g/mol. The summed E-state index contributed by atoms with van der Waals surface area (Å²) >= 11 is 0. The highest BCUT2D eigenvalue weighted by molar-refractivity contribution is 6.11. The molecule has 1 unspecified atom stereocenters. The summed E-state index contributed by atoms with van der Waals surface area (Å²) in [6, 6.07) is 53.3. The van der Waals surface area contributed by atoms with Crippen molar-refractivity contribution in [3.8, 4) is 56.6 Å². The van der Waals surface area contributed by atoms with Crippen LogP contribution in [0.5, 0.6) is 23.0 Å². The van der Waals surface area contributed by atoms with Crippen molar-refractivity contribution in [2.45, 2.75) is 223 Å². The van der Waals surface area contributed by atoms with Crippen LogP contribution in [0.4, 0.5) is 0 Å². The molecule has 1 saturated carbocycles. The second kappa shape index (κ2) is 24.3. The molecule has 1 aliphatic carbocycles. The molecule has 496 valence electrons. The van der Waals surface area contributed by atoms with Gasteiger partial charge in [-0.1, -0.05) is 226 Å². The highest BCUT2D eigenvalue weighted by atomic mass is 16.5. The number of benzene rings is 8. The van der Waals surface area contributed by atoms with Crippen LogP contribution in [0.25, 0.3) is 77.2 Å². The largest absolute Gasteiger partial charge is 0.505 e. The smallest absolute Gasteiger partial charge is 0.147 e. The molecule has 94 heavy (non-hydrogen) atoms. The van der Waals surface area contributed by atoms with Crippen molar-refractivity contribution in [2.24, 2.45) is 22.7 Å². The first-order chi connectivity index (χ1) is 43.7. The van der Waals surface area contributed by atoms with Crippen molar-refractivity contribution in [1.29, 1.82) is 0 Å². The third kappa shape index (κ3) is 13.7. The van der Waals surface area contributed by atoms with Gasteiger partial charge in [-0.15, -0.1) is 0 Å². The molecule has 2 heterocycles. The van der Waals surface area contributed by atoms with Gasteiger partial charge in [-0.2, -0.15) is 0 Å². The van der Waals surface area contributed by atoms with E-state index < -0.39 is 0 Å². The molecule has 0 radical (unpaired) electrons. The molecule has 0 spiro atoms. The maximum absolute atomic E-state index is 13.2. The Kier molecular flexibility index (Phi) is 17.6. The van der Waals surface area contributed by atoms with E-state index >= 15 is 0 Å². The van der Waals surface area contributed by atoms with Crippen LogP contribution in [0, 0.1) is 22.7 Å². The summed E-state index contributed by atoms with van der Waals surface area (Å²) in [6.07, 6.45) is 6.17. The van der Waals surface area contributed by atoms with Crippen LogP contribution in [0.2, 0.25) is 0 Å². The number of rotatable bonds is 14. The van der Waals surface area contributed by atoms with E-state index in [0.717, 1.165) is 106 Å². The molecule has 0 aliphatic heterocycles. The average Bonchev–Trinajstić information content (AvgIpc) is 1.58. The lowest BCUT2D eigenvalue weighted by molar-refractivity contribution is 0.105. The van der Waals surface area contributed by atoms with Crippen molar-refractivity contribution in [3.63, 3.8) is 0 Å². The molecule has 8 aromatic carbocycles. The van der Waals surface area contributed by atoms with Crippen molar-refractivity contribution >= 4 is 43.6 Å². The molecule has 6 heteroatoms. The zero-order valence-electron chi connectivity index (χ0n) is 61.3. The zero-order chi connectivity index (χ0) is 68.2. The van der Waals surface area contributed by atoms with Crippen molar-refractivity contribution in [3.05, 3.63) is 179 Å². The fourth-order valence-electron chi connectivity index (χ4n) is 15.8. The summed E-state index contributed by atoms with van der Waals surface area (Å²) in [7, 11) is 0. The first kappa shape index (κ1) is 68.0. The summed E-state index contributed by atoms with van der Waals surface area (Å²) in [5.74, 6) is 2.41. The van der Waals surface area contributed by atoms with Crippen LogP contribution < -0.4 is 9.47 Å². The molecule has 0 amide bonds. The summed E-state index contributed by atoms with van der Waals surface area (Å²) in [6.45, 7) is 51.7. The quantitative estimate of drug-likeness (QED) is 0.114. The lowest BCUT2D eigenvalue weighted by atomic mass is 9.71. The normalized spacial score (nSPS) is 15.9. The Morgan fingerprint density at radius 2 is 0.628 bits per heavy atom. The Morgan fingerprint density at radius 1 is 0.340 bits per heavy atom. The number of fused-ring (bicyclic) bond motifs is 6. The van der Waals surface area contributed by atoms with E-state index in [9.17, 15) is 10.2 Å². The van der Waals surface area contributed by atoms with Crippen LogP contribution in [0.15, 0.2) is 146 Å². The fourth-order valence-corrected chi connectivity index (χ4v) is 15.8.